The molecule has 0 saturated heterocycles. The summed E-state index contributed by atoms with van der Waals surface area (Å²) >= 11 is 0. The van der Waals surface area contributed by atoms with Crippen LogP contribution in [0.1, 0.15) is 43.0 Å². The van der Waals surface area contributed by atoms with Crippen LogP contribution in [0.5, 0.6) is 0 Å². The van der Waals surface area contributed by atoms with Gasteiger partial charge in [0, 0.05) is 31.2 Å². The number of amides is 2. The van der Waals surface area contributed by atoms with Crippen molar-refractivity contribution in [3.05, 3.63) is 94.3 Å². The van der Waals surface area contributed by atoms with Crippen molar-refractivity contribution in [2.45, 2.75) is 26.8 Å². The molecule has 0 unspecified atom stereocenters. The summed E-state index contributed by atoms with van der Waals surface area (Å²) < 4.78 is 0. The van der Waals surface area contributed by atoms with Gasteiger partial charge in [0.15, 0.2) is 0 Å². The highest BCUT2D eigenvalue weighted by Crippen LogP contribution is 2.21. The lowest BCUT2D eigenvalue weighted by Crippen LogP contribution is -2.36. The van der Waals surface area contributed by atoms with Gasteiger partial charge in [0.1, 0.15) is 0 Å². The Labute approximate surface area is 170 Å². The van der Waals surface area contributed by atoms with Crippen LogP contribution in [0.25, 0.3) is 0 Å². The first-order valence-corrected chi connectivity index (χ1v) is 9.71. The van der Waals surface area contributed by atoms with E-state index in [4.69, 9.17) is 0 Å². The van der Waals surface area contributed by atoms with Crippen LogP contribution in [-0.4, -0.2) is 28.2 Å². The Morgan fingerprint density at radius 1 is 0.966 bits per heavy atom. The first-order valence-electron chi connectivity index (χ1n) is 9.71. The van der Waals surface area contributed by atoms with Crippen molar-refractivity contribution in [3.8, 4) is 0 Å². The Bertz CT molecular complexity index is 1090. The van der Waals surface area contributed by atoms with Crippen LogP contribution in [0.2, 0.25) is 0 Å². The maximum Gasteiger partial charge on any atom is 0.257 e. The third-order valence-electron chi connectivity index (χ3n) is 5.30. The summed E-state index contributed by atoms with van der Waals surface area (Å²) in [7, 11) is 0. The highest BCUT2D eigenvalue weighted by atomic mass is 16.2. The molecule has 0 fully saturated rings. The number of fused-ring (bicyclic) bond motifs is 1. The average Bonchev–Trinajstić information content (AvgIpc) is 2.75. The van der Waals surface area contributed by atoms with E-state index in [0.29, 0.717) is 24.2 Å². The van der Waals surface area contributed by atoms with Crippen LogP contribution in [0.4, 0.5) is 5.69 Å². The van der Waals surface area contributed by atoms with Gasteiger partial charge in [0.25, 0.3) is 11.8 Å². The lowest BCUT2D eigenvalue weighted by atomic mass is 9.99. The first-order chi connectivity index (χ1) is 14.0. The van der Waals surface area contributed by atoms with Crippen molar-refractivity contribution in [1.82, 2.24) is 9.88 Å². The fourth-order valence-electron chi connectivity index (χ4n) is 3.68. The topological polar surface area (TPSA) is 62.3 Å². The number of rotatable bonds is 3. The fourth-order valence-corrected chi connectivity index (χ4v) is 3.68. The Balaban J connectivity index is 1.51. The molecular formula is C24H23N3O2. The molecule has 4 rings (SSSR count). The standard InChI is InChI=1S/C24H23N3O2/c1-16-7-8-22(17(2)11-16)26-23(28)20-12-21(14-25-13-20)24(29)27-10-9-18-5-3-4-6-19(18)15-27/h3-8,11-14H,9-10,15H2,1-2H3,(H,26,28). The molecule has 2 aromatic carbocycles. The van der Waals surface area contributed by atoms with E-state index in [0.717, 1.165) is 23.2 Å². The van der Waals surface area contributed by atoms with Gasteiger partial charge in [-0.05, 0) is 49.1 Å². The number of benzene rings is 2. The lowest BCUT2D eigenvalue weighted by molar-refractivity contribution is 0.0734. The summed E-state index contributed by atoms with van der Waals surface area (Å²) in [4.78, 5) is 31.6. The van der Waals surface area contributed by atoms with Crippen molar-refractivity contribution in [2.24, 2.45) is 0 Å². The zero-order chi connectivity index (χ0) is 20.4. The van der Waals surface area contributed by atoms with Crippen LogP contribution < -0.4 is 5.32 Å². The van der Waals surface area contributed by atoms with E-state index < -0.39 is 0 Å². The number of nitrogens with zero attached hydrogens (tertiary/aromatic N) is 2. The quantitative estimate of drug-likeness (QED) is 0.737. The summed E-state index contributed by atoms with van der Waals surface area (Å²) in [6, 6.07) is 15.7. The summed E-state index contributed by atoms with van der Waals surface area (Å²) in [5, 5.41) is 2.91. The van der Waals surface area contributed by atoms with E-state index in [1.165, 1.54) is 23.5 Å². The smallest absolute Gasteiger partial charge is 0.257 e. The number of aryl methyl sites for hydroxylation is 2. The highest BCUT2D eigenvalue weighted by Gasteiger charge is 2.22. The van der Waals surface area contributed by atoms with E-state index in [2.05, 4.69) is 22.4 Å². The van der Waals surface area contributed by atoms with Gasteiger partial charge in [-0.15, -0.1) is 0 Å². The second kappa shape index (κ2) is 7.87. The van der Waals surface area contributed by atoms with Crippen molar-refractivity contribution in [2.75, 3.05) is 11.9 Å². The normalized spacial score (nSPS) is 13.0. The second-order valence-electron chi connectivity index (χ2n) is 7.48. The predicted molar refractivity (Wildman–Crippen MR) is 113 cm³/mol. The molecule has 1 aromatic heterocycles. The van der Waals surface area contributed by atoms with Gasteiger partial charge in [0.05, 0.1) is 11.1 Å². The zero-order valence-corrected chi connectivity index (χ0v) is 16.6. The van der Waals surface area contributed by atoms with Gasteiger partial charge < -0.3 is 10.2 Å². The van der Waals surface area contributed by atoms with Crippen LogP contribution in [0, 0.1) is 13.8 Å². The number of hydrogen-bond donors (Lipinski definition) is 1. The number of pyridine rings is 1. The van der Waals surface area contributed by atoms with Gasteiger partial charge in [-0.1, -0.05) is 42.0 Å². The molecule has 0 aliphatic carbocycles. The minimum absolute atomic E-state index is 0.104. The third kappa shape index (κ3) is 4.04. The summed E-state index contributed by atoms with van der Waals surface area (Å²) in [6.45, 7) is 5.20. The van der Waals surface area contributed by atoms with Crippen LogP contribution in [0.15, 0.2) is 60.9 Å². The first kappa shape index (κ1) is 18.9. The number of aromatic nitrogens is 1. The van der Waals surface area contributed by atoms with E-state index in [9.17, 15) is 9.59 Å². The molecule has 0 radical (unpaired) electrons. The van der Waals surface area contributed by atoms with Crippen molar-refractivity contribution >= 4 is 17.5 Å². The zero-order valence-electron chi connectivity index (χ0n) is 16.6. The van der Waals surface area contributed by atoms with Gasteiger partial charge >= 0.3 is 0 Å². The van der Waals surface area contributed by atoms with Crippen molar-refractivity contribution in [1.29, 1.82) is 0 Å². The molecule has 3 aromatic rings. The maximum absolute atomic E-state index is 13.0. The average molecular weight is 385 g/mol. The molecule has 0 saturated carbocycles. The Morgan fingerprint density at radius 3 is 2.52 bits per heavy atom. The molecular weight excluding hydrogens is 362 g/mol. The summed E-state index contributed by atoms with van der Waals surface area (Å²) in [5.41, 5.74) is 6.14. The van der Waals surface area contributed by atoms with E-state index >= 15 is 0 Å². The molecule has 1 aliphatic heterocycles. The molecule has 0 atom stereocenters. The van der Waals surface area contributed by atoms with Gasteiger partial charge in [-0.25, -0.2) is 0 Å². The molecule has 29 heavy (non-hydrogen) atoms. The number of carbonyl (C=O) groups excluding carboxylic acids is 2. The van der Waals surface area contributed by atoms with Gasteiger partial charge in [-0.2, -0.15) is 0 Å². The number of nitrogens with one attached hydrogen (secondary N) is 1. The van der Waals surface area contributed by atoms with E-state index in [1.54, 1.807) is 6.07 Å². The SMILES string of the molecule is Cc1ccc(NC(=O)c2cncc(C(=O)N3CCc4ccccc4C3)c2)c(C)c1. The van der Waals surface area contributed by atoms with Gasteiger partial charge in [0.2, 0.25) is 0 Å². The Morgan fingerprint density at radius 2 is 1.72 bits per heavy atom. The van der Waals surface area contributed by atoms with E-state index in [1.807, 2.05) is 49.1 Å². The Kier molecular flexibility index (Phi) is 5.12. The summed E-state index contributed by atoms with van der Waals surface area (Å²) in [5.74, 6) is -0.378. The van der Waals surface area contributed by atoms with E-state index in [-0.39, 0.29) is 11.8 Å². The number of carbonyl (C=O) groups is 2. The molecule has 2 heterocycles. The maximum atomic E-state index is 13.0. The molecule has 0 bridgehead atoms. The molecule has 1 N–H and O–H groups in total. The predicted octanol–water partition coefficient (Wildman–Crippen LogP) is 4.15. The van der Waals surface area contributed by atoms with Crippen LogP contribution in [0.3, 0.4) is 0 Å². The number of hydrogen-bond acceptors (Lipinski definition) is 3. The minimum Gasteiger partial charge on any atom is -0.334 e. The molecule has 2 amide bonds. The van der Waals surface area contributed by atoms with Crippen molar-refractivity contribution in [3.63, 3.8) is 0 Å². The highest BCUT2D eigenvalue weighted by molar-refractivity contribution is 6.06. The monoisotopic (exact) mass is 385 g/mol. The number of anilines is 1. The fraction of sp³-hybridized carbons (Fsp3) is 0.208. The Hall–Kier alpha value is -3.47. The second-order valence-corrected chi connectivity index (χ2v) is 7.48. The molecule has 146 valence electrons. The molecule has 0 spiro atoms. The minimum atomic E-state index is -0.275. The molecule has 1 aliphatic rings. The summed E-state index contributed by atoms with van der Waals surface area (Å²) in [6.07, 6.45) is 3.85. The lowest BCUT2D eigenvalue weighted by Gasteiger charge is -2.28. The van der Waals surface area contributed by atoms with Crippen molar-refractivity contribution < 1.29 is 9.59 Å². The molecule has 5 heteroatoms. The molecule has 5 nitrogen and oxygen atoms in total. The third-order valence-corrected chi connectivity index (χ3v) is 5.30. The van der Waals surface area contributed by atoms with Crippen LogP contribution >= 0.6 is 0 Å². The largest absolute Gasteiger partial charge is 0.334 e. The van der Waals surface area contributed by atoms with Crippen LogP contribution in [-0.2, 0) is 13.0 Å². The van der Waals surface area contributed by atoms with Gasteiger partial charge in [-0.3, -0.25) is 14.6 Å².